The van der Waals surface area contributed by atoms with Crippen LogP contribution in [0.15, 0.2) is 22.7 Å². The molecule has 0 radical (unpaired) electrons. The molecule has 0 aliphatic carbocycles. The molecule has 8 nitrogen and oxygen atoms in total. The Morgan fingerprint density at radius 1 is 1.46 bits per heavy atom. The van der Waals surface area contributed by atoms with E-state index in [0.29, 0.717) is 23.5 Å². The van der Waals surface area contributed by atoms with Crippen LogP contribution in [0, 0.1) is 0 Å². The van der Waals surface area contributed by atoms with E-state index >= 15 is 0 Å². The molecule has 0 bridgehead atoms. The molecule has 1 amide bonds. The third-order valence-electron chi connectivity index (χ3n) is 3.91. The Morgan fingerprint density at radius 2 is 2.21 bits per heavy atom. The van der Waals surface area contributed by atoms with E-state index in [4.69, 9.17) is 0 Å². The Hall–Kier alpha value is -1.07. The number of aliphatic carboxylic acids is 1. The molecule has 3 aliphatic heterocycles. The number of carbonyl (C=O) groups is 2. The number of carboxylic acids is 1. The number of carboxylic acid groups (broad SMARTS) is 1. The first-order valence-electron chi connectivity index (χ1n) is 6.75. The predicted octanol–water partition coefficient (Wildman–Crippen LogP) is -4.29. The maximum absolute atomic E-state index is 12.1. The van der Waals surface area contributed by atoms with Crippen LogP contribution in [0.4, 0.5) is 0 Å². The van der Waals surface area contributed by atoms with Crippen molar-refractivity contribution in [2.24, 2.45) is 0 Å². The van der Waals surface area contributed by atoms with Crippen molar-refractivity contribution < 1.29 is 52.7 Å². The second-order valence-corrected chi connectivity index (χ2v) is 8.57. The van der Waals surface area contributed by atoms with E-state index in [0.717, 1.165) is 0 Å². The molecule has 0 unspecified atom stereocenters. The van der Waals surface area contributed by atoms with E-state index in [1.165, 1.54) is 22.1 Å². The van der Waals surface area contributed by atoms with Crippen molar-refractivity contribution in [2.45, 2.75) is 17.7 Å². The first-order valence-corrected chi connectivity index (χ1v) is 9.51. The molecule has 3 aliphatic rings. The van der Waals surface area contributed by atoms with Gasteiger partial charge in [0, 0.05) is 0 Å². The molecule has 1 atom stereocenters. The molecule has 120 valence electrons. The number of rotatable bonds is 2. The molecule has 24 heavy (non-hydrogen) atoms. The maximum atomic E-state index is 12.1. The van der Waals surface area contributed by atoms with Gasteiger partial charge in [0.05, 0.1) is 46.7 Å². The standard InChI is InChI=1S/C13H11N3O5S2.Na/c17-11-9(12-16(11)10(5-22-12)13(18)19)4-7-3-8-6-23(20,21)2-1-15(8)14-7;/h3-5,12H,1-2,6H2,(H,18,19);/q;+1/p-1/b9-4-;/t12-;/m1./s1. The van der Waals surface area contributed by atoms with E-state index in [1.807, 2.05) is 0 Å². The van der Waals surface area contributed by atoms with Crippen molar-refractivity contribution in [3.05, 3.63) is 34.1 Å². The molecule has 1 saturated heterocycles. The minimum Gasteiger partial charge on any atom is -0.543 e. The average Bonchev–Trinajstić information content (AvgIpc) is 3.04. The number of aryl methyl sites for hydroxylation is 1. The summed E-state index contributed by atoms with van der Waals surface area (Å²) in [5.74, 6) is -1.77. The summed E-state index contributed by atoms with van der Waals surface area (Å²) in [6, 6.07) is 1.65. The van der Waals surface area contributed by atoms with Gasteiger partial charge < -0.3 is 9.90 Å². The number of fused-ring (bicyclic) bond motifs is 2. The SMILES string of the molecule is O=C([O-])C1=CS[C@@H]2/C(=C\c3cc4n(n3)CCS(=O)(=O)C4)C(=O)N12.[Na+]. The van der Waals surface area contributed by atoms with Gasteiger partial charge >= 0.3 is 29.6 Å². The molecule has 4 rings (SSSR count). The van der Waals surface area contributed by atoms with Gasteiger partial charge in [0.25, 0.3) is 5.91 Å². The summed E-state index contributed by atoms with van der Waals surface area (Å²) in [5.41, 5.74) is 1.42. The van der Waals surface area contributed by atoms with Gasteiger partial charge in [0.15, 0.2) is 9.84 Å². The Balaban J connectivity index is 0.00000169. The summed E-state index contributed by atoms with van der Waals surface area (Å²) in [6.45, 7) is 0.301. The molecular weight excluding hydrogens is 365 g/mol. The van der Waals surface area contributed by atoms with Crippen LogP contribution in [0.2, 0.25) is 0 Å². The normalized spacial score (nSPS) is 25.4. The second kappa shape index (κ2) is 6.03. The summed E-state index contributed by atoms with van der Waals surface area (Å²) in [4.78, 5) is 24.2. The topological polar surface area (TPSA) is 112 Å². The molecule has 1 aromatic heterocycles. The van der Waals surface area contributed by atoms with Crippen LogP contribution in [0.25, 0.3) is 6.08 Å². The van der Waals surface area contributed by atoms with E-state index < -0.39 is 21.7 Å². The van der Waals surface area contributed by atoms with Crippen LogP contribution in [0.3, 0.4) is 0 Å². The Bertz CT molecular complexity index is 918. The van der Waals surface area contributed by atoms with Gasteiger partial charge in [-0.2, -0.15) is 5.10 Å². The van der Waals surface area contributed by atoms with Crippen molar-refractivity contribution in [2.75, 3.05) is 5.75 Å². The zero-order chi connectivity index (χ0) is 16.4. The zero-order valence-electron chi connectivity index (χ0n) is 12.6. The number of hydrogen-bond acceptors (Lipinski definition) is 7. The van der Waals surface area contributed by atoms with E-state index in [1.54, 1.807) is 16.8 Å². The van der Waals surface area contributed by atoms with Crippen LogP contribution in [-0.4, -0.2) is 46.1 Å². The number of amides is 1. The van der Waals surface area contributed by atoms with Crippen LogP contribution >= 0.6 is 11.8 Å². The maximum Gasteiger partial charge on any atom is 1.00 e. The Morgan fingerprint density at radius 3 is 2.92 bits per heavy atom. The number of nitrogens with zero attached hydrogens (tertiary/aromatic N) is 3. The predicted molar refractivity (Wildman–Crippen MR) is 79.0 cm³/mol. The number of β-lactam (4-membered cyclic amide) rings is 1. The van der Waals surface area contributed by atoms with Gasteiger partial charge in [-0.05, 0) is 17.6 Å². The second-order valence-electron chi connectivity index (χ2n) is 5.43. The van der Waals surface area contributed by atoms with E-state index in [9.17, 15) is 23.1 Å². The summed E-state index contributed by atoms with van der Waals surface area (Å²) in [5, 5.41) is 16.2. The number of thioether (sulfide) groups is 1. The fourth-order valence-corrected chi connectivity index (χ4v) is 5.19. The molecule has 1 fully saturated rings. The molecular formula is C13H10N3NaO5S2. The number of aromatic nitrogens is 2. The van der Waals surface area contributed by atoms with Crippen molar-refractivity contribution in [1.82, 2.24) is 14.7 Å². The summed E-state index contributed by atoms with van der Waals surface area (Å²) >= 11 is 1.22. The van der Waals surface area contributed by atoms with E-state index in [2.05, 4.69) is 5.10 Å². The Kier molecular flexibility index (Phi) is 4.45. The summed E-state index contributed by atoms with van der Waals surface area (Å²) < 4.78 is 24.9. The minimum absolute atomic E-state index is 0. The molecule has 4 heterocycles. The molecule has 0 N–H and O–H groups in total. The van der Waals surface area contributed by atoms with E-state index in [-0.39, 0.29) is 52.1 Å². The summed E-state index contributed by atoms with van der Waals surface area (Å²) in [6.07, 6.45) is 1.58. The molecule has 0 spiro atoms. The largest absolute Gasteiger partial charge is 1.00 e. The first-order chi connectivity index (χ1) is 10.9. The van der Waals surface area contributed by atoms with Crippen LogP contribution in [0.5, 0.6) is 0 Å². The number of hydrogen-bond donors (Lipinski definition) is 0. The van der Waals surface area contributed by atoms with Crippen molar-refractivity contribution in [3.63, 3.8) is 0 Å². The molecule has 11 heteroatoms. The van der Waals surface area contributed by atoms with Crippen LogP contribution in [-0.2, 0) is 31.7 Å². The quantitative estimate of drug-likeness (QED) is 0.292. The van der Waals surface area contributed by atoms with Gasteiger partial charge in [-0.3, -0.25) is 14.4 Å². The fraction of sp³-hybridized carbons (Fsp3) is 0.308. The smallest absolute Gasteiger partial charge is 0.543 e. The third kappa shape index (κ3) is 2.76. The van der Waals surface area contributed by atoms with Crippen molar-refractivity contribution in [1.29, 1.82) is 0 Å². The Labute approximate surface area is 163 Å². The van der Waals surface area contributed by atoms with Gasteiger partial charge in [-0.1, -0.05) is 0 Å². The van der Waals surface area contributed by atoms with Crippen LogP contribution < -0.4 is 34.7 Å². The van der Waals surface area contributed by atoms with Gasteiger partial charge in [-0.25, -0.2) is 8.42 Å². The van der Waals surface area contributed by atoms with Gasteiger partial charge in [0.2, 0.25) is 0 Å². The number of sulfone groups is 1. The summed E-state index contributed by atoms with van der Waals surface area (Å²) in [7, 11) is -3.09. The van der Waals surface area contributed by atoms with Gasteiger partial charge in [-0.15, -0.1) is 11.8 Å². The fourth-order valence-electron chi connectivity index (χ4n) is 2.80. The molecule has 1 aromatic rings. The molecule has 0 aromatic carbocycles. The number of carbonyl (C=O) groups excluding carboxylic acids is 2. The van der Waals surface area contributed by atoms with Crippen molar-refractivity contribution >= 4 is 39.6 Å². The van der Waals surface area contributed by atoms with Crippen molar-refractivity contribution in [3.8, 4) is 0 Å². The van der Waals surface area contributed by atoms with Crippen LogP contribution in [0.1, 0.15) is 11.4 Å². The average molecular weight is 375 g/mol. The minimum atomic E-state index is -3.09. The monoisotopic (exact) mass is 375 g/mol. The molecule has 0 saturated carbocycles. The first kappa shape index (κ1) is 17.7. The van der Waals surface area contributed by atoms with Gasteiger partial charge in [0.1, 0.15) is 5.37 Å². The zero-order valence-corrected chi connectivity index (χ0v) is 16.3. The third-order valence-corrected chi connectivity index (χ3v) is 6.53.